The second kappa shape index (κ2) is 4.48. The van der Waals surface area contributed by atoms with E-state index >= 15 is 0 Å². The van der Waals surface area contributed by atoms with Gasteiger partial charge in [-0.1, -0.05) is 30.3 Å². The maximum Gasteiger partial charge on any atom is 0.332 e. The van der Waals surface area contributed by atoms with Crippen LogP contribution in [0.3, 0.4) is 0 Å². The number of nitrogens with zero attached hydrogens (tertiary/aromatic N) is 4. The smallest absolute Gasteiger partial charge is 0.279 e. The summed E-state index contributed by atoms with van der Waals surface area (Å²) < 4.78 is 4.18. The molecule has 2 aromatic heterocycles. The highest BCUT2D eigenvalue weighted by Crippen LogP contribution is 2.04. The molecular weight excluding hydrogens is 256 g/mol. The topological polar surface area (TPSA) is 61.8 Å². The summed E-state index contributed by atoms with van der Waals surface area (Å²) in [6.45, 7) is 0.261. The Morgan fingerprint density at radius 2 is 1.80 bits per heavy atom. The summed E-state index contributed by atoms with van der Waals surface area (Å²) in [6.07, 6.45) is 1.64. The van der Waals surface area contributed by atoms with Crippen molar-refractivity contribution in [2.24, 2.45) is 14.1 Å². The van der Waals surface area contributed by atoms with Crippen LogP contribution in [0.4, 0.5) is 0 Å². The zero-order valence-corrected chi connectivity index (χ0v) is 11.3. The van der Waals surface area contributed by atoms with Crippen molar-refractivity contribution in [3.63, 3.8) is 0 Å². The predicted octanol–water partition coefficient (Wildman–Crippen LogP) is 0.482. The molecule has 0 bridgehead atoms. The van der Waals surface area contributed by atoms with Gasteiger partial charge in [-0.25, -0.2) is 4.79 Å². The number of aromatic nitrogens is 4. The quantitative estimate of drug-likeness (QED) is 0.680. The van der Waals surface area contributed by atoms with Crippen molar-refractivity contribution in [1.82, 2.24) is 18.9 Å². The van der Waals surface area contributed by atoms with Crippen LogP contribution in [0.5, 0.6) is 0 Å². The molecule has 0 aliphatic rings. The summed E-state index contributed by atoms with van der Waals surface area (Å²) in [6, 6.07) is 9.44. The Hall–Kier alpha value is -2.63. The van der Waals surface area contributed by atoms with Crippen molar-refractivity contribution >= 4 is 11.0 Å². The number of fused-ring (bicyclic) bond motifs is 1. The summed E-state index contributed by atoms with van der Waals surface area (Å²) in [5.41, 5.74) is 0.659. The molecule has 0 amide bonds. The second-order valence-corrected chi connectivity index (χ2v) is 4.76. The second-order valence-electron chi connectivity index (χ2n) is 4.76. The zero-order valence-electron chi connectivity index (χ0n) is 11.3. The molecule has 6 nitrogen and oxygen atoms in total. The molecule has 0 aliphatic heterocycles. The first-order valence-electron chi connectivity index (χ1n) is 6.25. The van der Waals surface area contributed by atoms with E-state index in [1.165, 1.54) is 9.13 Å². The van der Waals surface area contributed by atoms with Gasteiger partial charge in [0.2, 0.25) is 0 Å². The van der Waals surface area contributed by atoms with Crippen LogP contribution in [0.2, 0.25) is 0 Å². The molecule has 20 heavy (non-hydrogen) atoms. The van der Waals surface area contributed by atoms with E-state index in [4.69, 9.17) is 0 Å². The maximum atomic E-state index is 12.4. The summed E-state index contributed by atoms with van der Waals surface area (Å²) in [7, 11) is 3.35. The number of benzene rings is 1. The number of rotatable bonds is 2. The number of hydrogen-bond acceptors (Lipinski definition) is 3. The molecule has 6 heteroatoms. The van der Waals surface area contributed by atoms with Gasteiger partial charge in [-0.05, 0) is 5.56 Å². The Labute approximate surface area is 114 Å². The third-order valence-corrected chi connectivity index (χ3v) is 3.30. The van der Waals surface area contributed by atoms with Crippen molar-refractivity contribution in [2.75, 3.05) is 0 Å². The Bertz CT molecular complexity index is 887. The highest BCUT2D eigenvalue weighted by molar-refractivity contribution is 5.72. The maximum absolute atomic E-state index is 12.4. The van der Waals surface area contributed by atoms with Gasteiger partial charge in [0, 0.05) is 20.3 Å². The molecule has 1 aromatic carbocycles. The predicted molar refractivity (Wildman–Crippen MR) is 75.8 cm³/mol. The van der Waals surface area contributed by atoms with Gasteiger partial charge < -0.3 is 0 Å². The first-order chi connectivity index (χ1) is 9.58. The van der Waals surface area contributed by atoms with Crippen molar-refractivity contribution < 1.29 is 0 Å². The van der Waals surface area contributed by atoms with E-state index in [0.717, 1.165) is 5.56 Å². The van der Waals surface area contributed by atoms with Crippen molar-refractivity contribution in [3.8, 4) is 0 Å². The lowest BCUT2D eigenvalue weighted by Gasteiger charge is -2.07. The van der Waals surface area contributed by atoms with Crippen LogP contribution < -0.4 is 11.2 Å². The van der Waals surface area contributed by atoms with Crippen molar-refractivity contribution in [3.05, 3.63) is 62.9 Å². The third-order valence-electron chi connectivity index (χ3n) is 3.30. The Balaban J connectivity index is 2.26. The van der Waals surface area contributed by atoms with Gasteiger partial charge >= 0.3 is 5.69 Å². The minimum Gasteiger partial charge on any atom is -0.279 e. The molecule has 0 atom stereocenters. The molecule has 3 aromatic rings. The molecular formula is C14H14N4O2. The lowest BCUT2D eigenvalue weighted by atomic mass is 10.2. The van der Waals surface area contributed by atoms with Crippen LogP contribution in [0.25, 0.3) is 11.0 Å². The standard InChI is InChI=1S/C14H14N4O2/c1-16-9-11-12(15-16)17(2)14(20)18(13(11)19)8-10-6-4-3-5-7-10/h3-7,9H,8H2,1-2H3. The van der Waals surface area contributed by atoms with E-state index in [1.54, 1.807) is 25.0 Å². The lowest BCUT2D eigenvalue weighted by Crippen LogP contribution is -2.39. The molecule has 0 spiro atoms. The van der Waals surface area contributed by atoms with E-state index in [1.807, 2.05) is 30.3 Å². The molecule has 0 fully saturated rings. The zero-order chi connectivity index (χ0) is 14.3. The summed E-state index contributed by atoms with van der Waals surface area (Å²) >= 11 is 0. The SMILES string of the molecule is Cn1cc2c(=O)n(Cc3ccccc3)c(=O)n(C)c2n1. The molecule has 0 radical (unpaired) electrons. The van der Waals surface area contributed by atoms with Gasteiger partial charge in [0.05, 0.1) is 6.54 Å². The lowest BCUT2D eigenvalue weighted by molar-refractivity contribution is 0.654. The molecule has 0 N–H and O–H groups in total. The molecule has 0 aliphatic carbocycles. The van der Waals surface area contributed by atoms with Crippen LogP contribution in [-0.4, -0.2) is 18.9 Å². The van der Waals surface area contributed by atoms with E-state index in [9.17, 15) is 9.59 Å². The van der Waals surface area contributed by atoms with E-state index in [-0.39, 0.29) is 17.8 Å². The third kappa shape index (κ3) is 1.85. The van der Waals surface area contributed by atoms with Gasteiger partial charge in [-0.3, -0.25) is 18.6 Å². The van der Waals surface area contributed by atoms with Gasteiger partial charge in [0.15, 0.2) is 5.65 Å². The minimum absolute atomic E-state index is 0.261. The van der Waals surface area contributed by atoms with Gasteiger partial charge in [0.25, 0.3) is 5.56 Å². The molecule has 0 saturated carbocycles. The van der Waals surface area contributed by atoms with E-state index in [2.05, 4.69) is 5.10 Å². The first-order valence-corrected chi connectivity index (χ1v) is 6.25. The molecule has 102 valence electrons. The normalized spacial score (nSPS) is 11.1. The fraction of sp³-hybridized carbons (Fsp3) is 0.214. The van der Waals surface area contributed by atoms with Gasteiger partial charge in [-0.2, -0.15) is 5.10 Å². The highest BCUT2D eigenvalue weighted by Gasteiger charge is 2.13. The van der Waals surface area contributed by atoms with Gasteiger partial charge in [-0.15, -0.1) is 0 Å². The van der Waals surface area contributed by atoms with Crippen LogP contribution in [0.1, 0.15) is 5.56 Å². The molecule has 0 saturated heterocycles. The first kappa shape index (κ1) is 12.4. The van der Waals surface area contributed by atoms with Crippen LogP contribution in [-0.2, 0) is 20.6 Å². The Kier molecular flexibility index (Phi) is 2.78. The minimum atomic E-state index is -0.356. The average Bonchev–Trinajstić information content (AvgIpc) is 2.85. The largest absolute Gasteiger partial charge is 0.332 e. The van der Waals surface area contributed by atoms with Crippen LogP contribution >= 0.6 is 0 Å². The number of hydrogen-bond donors (Lipinski definition) is 0. The van der Waals surface area contributed by atoms with E-state index < -0.39 is 0 Å². The monoisotopic (exact) mass is 270 g/mol. The van der Waals surface area contributed by atoms with Crippen LogP contribution in [0.15, 0.2) is 46.1 Å². The fourth-order valence-electron chi connectivity index (χ4n) is 2.28. The number of aryl methyl sites for hydroxylation is 2. The van der Waals surface area contributed by atoms with Crippen LogP contribution in [0, 0.1) is 0 Å². The van der Waals surface area contributed by atoms with Crippen molar-refractivity contribution in [1.29, 1.82) is 0 Å². The summed E-state index contributed by atoms with van der Waals surface area (Å²) in [5, 5.41) is 4.60. The highest BCUT2D eigenvalue weighted by atomic mass is 16.2. The van der Waals surface area contributed by atoms with E-state index in [0.29, 0.717) is 11.0 Å². The van der Waals surface area contributed by atoms with Gasteiger partial charge in [0.1, 0.15) is 5.39 Å². The molecule has 3 rings (SSSR count). The molecule has 0 unspecified atom stereocenters. The molecule has 2 heterocycles. The fourth-order valence-corrected chi connectivity index (χ4v) is 2.28. The van der Waals surface area contributed by atoms with Crippen molar-refractivity contribution in [2.45, 2.75) is 6.54 Å². The summed E-state index contributed by atoms with van der Waals surface area (Å²) in [4.78, 5) is 24.7. The summed E-state index contributed by atoms with van der Waals surface area (Å²) in [5.74, 6) is 0. The Morgan fingerprint density at radius 1 is 1.10 bits per heavy atom. The average molecular weight is 270 g/mol. The Morgan fingerprint density at radius 3 is 2.50 bits per heavy atom.